The normalized spacial score (nSPS) is 15.5. The largest absolute Gasteiger partial charge is 0.366 e. The van der Waals surface area contributed by atoms with Crippen molar-refractivity contribution in [2.45, 2.75) is 13.0 Å². The summed E-state index contributed by atoms with van der Waals surface area (Å²) in [6, 6.07) is 10.6. The zero-order valence-electron chi connectivity index (χ0n) is 8.90. The molecule has 0 unspecified atom stereocenters. The summed E-state index contributed by atoms with van der Waals surface area (Å²) in [6.07, 6.45) is 0. The summed E-state index contributed by atoms with van der Waals surface area (Å²) in [6.45, 7) is 5.23. The van der Waals surface area contributed by atoms with Gasteiger partial charge in [-0.2, -0.15) is 5.26 Å². The highest BCUT2D eigenvalue weighted by Gasteiger charge is 2.23. The second-order valence-corrected chi connectivity index (χ2v) is 3.76. The lowest BCUT2D eigenvalue weighted by atomic mass is 10.1. The van der Waals surface area contributed by atoms with Crippen molar-refractivity contribution in [1.82, 2.24) is 5.32 Å². The Hall–Kier alpha value is -1.53. The molecule has 1 N–H and O–H groups in total. The molecular formula is C12H15N3. The predicted octanol–water partition coefficient (Wildman–Crippen LogP) is 1.36. The third-order valence-corrected chi connectivity index (χ3v) is 2.85. The molecule has 0 saturated carbocycles. The van der Waals surface area contributed by atoms with Crippen LogP contribution >= 0.6 is 0 Å². The van der Waals surface area contributed by atoms with Gasteiger partial charge in [0.2, 0.25) is 0 Å². The molecular weight excluding hydrogens is 186 g/mol. The van der Waals surface area contributed by atoms with E-state index in [2.05, 4.69) is 29.3 Å². The van der Waals surface area contributed by atoms with Gasteiger partial charge in [-0.15, -0.1) is 0 Å². The molecule has 0 aliphatic carbocycles. The molecule has 0 spiro atoms. The molecule has 1 saturated heterocycles. The van der Waals surface area contributed by atoms with Gasteiger partial charge >= 0.3 is 0 Å². The van der Waals surface area contributed by atoms with Crippen molar-refractivity contribution in [3.05, 3.63) is 29.8 Å². The van der Waals surface area contributed by atoms with Crippen LogP contribution in [0.5, 0.6) is 0 Å². The zero-order chi connectivity index (χ0) is 10.7. The molecule has 1 aliphatic heterocycles. The molecule has 78 valence electrons. The van der Waals surface area contributed by atoms with Gasteiger partial charge < -0.3 is 10.2 Å². The molecule has 3 nitrogen and oxygen atoms in total. The lowest BCUT2D eigenvalue weighted by molar-refractivity contribution is 0.417. The van der Waals surface area contributed by atoms with E-state index in [0.717, 1.165) is 30.9 Å². The molecule has 0 amide bonds. The van der Waals surface area contributed by atoms with Crippen molar-refractivity contribution in [1.29, 1.82) is 5.26 Å². The van der Waals surface area contributed by atoms with Crippen LogP contribution in [0.1, 0.15) is 12.5 Å². The summed E-state index contributed by atoms with van der Waals surface area (Å²) in [7, 11) is 0. The number of nitrogens with zero attached hydrogens (tertiary/aromatic N) is 2. The molecule has 2 rings (SSSR count). The minimum absolute atomic E-state index is 0.587. The highest BCUT2D eigenvalue weighted by molar-refractivity contribution is 5.52. The van der Waals surface area contributed by atoms with E-state index in [1.54, 1.807) is 0 Å². The monoisotopic (exact) mass is 201 g/mol. The number of likely N-dealkylation sites (N-methyl/N-ethyl adjacent to an activating group) is 1. The molecule has 1 heterocycles. The van der Waals surface area contributed by atoms with Gasteiger partial charge in [-0.1, -0.05) is 6.07 Å². The number of nitriles is 1. The maximum atomic E-state index is 8.85. The Kier molecular flexibility index (Phi) is 2.89. The minimum Gasteiger partial charge on any atom is -0.366 e. The fourth-order valence-electron chi connectivity index (χ4n) is 1.90. The Balaban J connectivity index is 2.22. The maximum absolute atomic E-state index is 8.85. The zero-order valence-corrected chi connectivity index (χ0v) is 8.90. The van der Waals surface area contributed by atoms with E-state index >= 15 is 0 Å². The van der Waals surface area contributed by atoms with Crippen LogP contribution < -0.4 is 10.2 Å². The van der Waals surface area contributed by atoms with E-state index in [4.69, 9.17) is 5.26 Å². The Morgan fingerprint density at radius 2 is 2.33 bits per heavy atom. The first kappa shape index (κ1) is 10.0. The molecule has 15 heavy (non-hydrogen) atoms. The first-order valence-corrected chi connectivity index (χ1v) is 5.32. The molecule has 0 aromatic heterocycles. The van der Waals surface area contributed by atoms with E-state index in [1.807, 2.05) is 18.2 Å². The van der Waals surface area contributed by atoms with Crippen molar-refractivity contribution in [3.63, 3.8) is 0 Å². The third-order valence-electron chi connectivity index (χ3n) is 2.85. The number of rotatable bonds is 3. The Labute approximate surface area is 90.3 Å². The first-order valence-electron chi connectivity index (χ1n) is 5.32. The minimum atomic E-state index is 0.587. The van der Waals surface area contributed by atoms with Gasteiger partial charge in [0.15, 0.2) is 0 Å². The molecule has 3 heteroatoms. The topological polar surface area (TPSA) is 39.1 Å². The van der Waals surface area contributed by atoms with Crippen LogP contribution in [0.3, 0.4) is 0 Å². The molecule has 1 fully saturated rings. The van der Waals surface area contributed by atoms with Crippen molar-refractivity contribution < 1.29 is 0 Å². The van der Waals surface area contributed by atoms with Crippen molar-refractivity contribution >= 4 is 5.69 Å². The van der Waals surface area contributed by atoms with Crippen molar-refractivity contribution in [2.75, 3.05) is 24.5 Å². The highest BCUT2D eigenvalue weighted by atomic mass is 15.2. The van der Waals surface area contributed by atoms with E-state index in [9.17, 15) is 0 Å². The van der Waals surface area contributed by atoms with Gasteiger partial charge in [-0.3, -0.25) is 0 Å². The summed E-state index contributed by atoms with van der Waals surface area (Å²) in [5.41, 5.74) is 1.89. The lowest BCUT2D eigenvalue weighted by Gasteiger charge is -2.39. The molecule has 1 aromatic carbocycles. The van der Waals surface area contributed by atoms with Crippen LogP contribution in [-0.4, -0.2) is 25.7 Å². The Bertz CT molecular complexity index is 377. The van der Waals surface area contributed by atoms with Gasteiger partial charge in [0, 0.05) is 25.3 Å². The summed E-state index contributed by atoms with van der Waals surface area (Å²) in [4.78, 5) is 2.34. The highest BCUT2D eigenvalue weighted by Crippen LogP contribution is 2.19. The second-order valence-electron chi connectivity index (χ2n) is 3.76. The van der Waals surface area contributed by atoms with E-state index in [1.165, 1.54) is 0 Å². The standard InChI is InChI=1S/C12H15N3/c1-2-15(12-8-14-9-12)11-5-3-4-10(6-11)7-13/h3-6,12,14H,2,8-9H2,1H3. The summed E-state index contributed by atoms with van der Waals surface area (Å²) < 4.78 is 0. The smallest absolute Gasteiger partial charge is 0.0992 e. The van der Waals surface area contributed by atoms with Gasteiger partial charge in [-0.25, -0.2) is 0 Å². The fourth-order valence-corrected chi connectivity index (χ4v) is 1.90. The molecule has 1 aliphatic rings. The molecule has 1 aromatic rings. The van der Waals surface area contributed by atoms with Crippen LogP contribution in [0.25, 0.3) is 0 Å². The average Bonchev–Trinajstić information content (AvgIpc) is 2.23. The third kappa shape index (κ3) is 1.95. The summed E-state index contributed by atoms with van der Waals surface area (Å²) in [5.74, 6) is 0. The van der Waals surface area contributed by atoms with E-state index in [0.29, 0.717) is 6.04 Å². The number of nitrogens with one attached hydrogen (secondary N) is 1. The van der Waals surface area contributed by atoms with Crippen LogP contribution in [0.2, 0.25) is 0 Å². The second kappa shape index (κ2) is 4.33. The quantitative estimate of drug-likeness (QED) is 0.802. The number of anilines is 1. The van der Waals surface area contributed by atoms with Crippen molar-refractivity contribution in [2.24, 2.45) is 0 Å². The fraction of sp³-hybridized carbons (Fsp3) is 0.417. The maximum Gasteiger partial charge on any atom is 0.0992 e. The summed E-state index contributed by atoms with van der Waals surface area (Å²) in [5, 5.41) is 12.1. The summed E-state index contributed by atoms with van der Waals surface area (Å²) >= 11 is 0. The first-order chi connectivity index (χ1) is 7.35. The lowest BCUT2D eigenvalue weighted by Crippen LogP contribution is -2.57. The van der Waals surface area contributed by atoms with Crippen LogP contribution in [-0.2, 0) is 0 Å². The number of hydrogen-bond donors (Lipinski definition) is 1. The van der Waals surface area contributed by atoms with E-state index < -0.39 is 0 Å². The average molecular weight is 201 g/mol. The van der Waals surface area contributed by atoms with Gasteiger partial charge in [0.1, 0.15) is 0 Å². The van der Waals surface area contributed by atoms with Gasteiger partial charge in [-0.05, 0) is 25.1 Å². The SMILES string of the molecule is CCN(c1cccc(C#N)c1)C1CNC1. The van der Waals surface area contributed by atoms with Crippen LogP contribution in [0.15, 0.2) is 24.3 Å². The van der Waals surface area contributed by atoms with Gasteiger partial charge in [0.05, 0.1) is 17.7 Å². The molecule has 0 radical (unpaired) electrons. The molecule has 0 bridgehead atoms. The number of benzene rings is 1. The predicted molar refractivity (Wildman–Crippen MR) is 60.8 cm³/mol. The van der Waals surface area contributed by atoms with Crippen molar-refractivity contribution in [3.8, 4) is 6.07 Å². The number of hydrogen-bond acceptors (Lipinski definition) is 3. The van der Waals surface area contributed by atoms with E-state index in [-0.39, 0.29) is 0 Å². The molecule has 0 atom stereocenters. The van der Waals surface area contributed by atoms with Crippen LogP contribution in [0, 0.1) is 11.3 Å². The Morgan fingerprint density at radius 1 is 1.53 bits per heavy atom. The Morgan fingerprint density at radius 3 is 2.87 bits per heavy atom. The van der Waals surface area contributed by atoms with Crippen LogP contribution in [0.4, 0.5) is 5.69 Å². The van der Waals surface area contributed by atoms with Gasteiger partial charge in [0.25, 0.3) is 0 Å².